The number of nitrogens with zero attached hydrogens (tertiary/aromatic N) is 3. The number of hydrogen-bond donors (Lipinski definition) is 0. The summed E-state index contributed by atoms with van der Waals surface area (Å²) in [6.45, 7) is 2.13. The summed E-state index contributed by atoms with van der Waals surface area (Å²) in [4.78, 5) is 0. The lowest BCUT2D eigenvalue weighted by molar-refractivity contribution is 0.816. The Morgan fingerprint density at radius 3 is 2.56 bits per heavy atom. The first kappa shape index (κ1) is 6.13. The fraction of sp³-hybridized carbons (Fsp3) is 0.500. The van der Waals surface area contributed by atoms with Gasteiger partial charge in [-0.2, -0.15) is 0 Å². The molecule has 0 saturated heterocycles. The van der Waals surface area contributed by atoms with Gasteiger partial charge in [0, 0.05) is 0 Å². The van der Waals surface area contributed by atoms with E-state index in [9.17, 15) is 0 Å². The summed E-state index contributed by atoms with van der Waals surface area (Å²) in [5.74, 6) is 0. The lowest BCUT2D eigenvalue weighted by Crippen LogP contribution is -1.89. The van der Waals surface area contributed by atoms with Crippen LogP contribution in [0, 0.1) is 0 Å². The molecule has 0 amide bonds. The van der Waals surface area contributed by atoms with Crippen molar-refractivity contribution >= 4 is 0 Å². The van der Waals surface area contributed by atoms with Crippen LogP contribution < -0.4 is 0 Å². The second kappa shape index (κ2) is 3.12. The average Bonchev–Trinajstić information content (AvgIpc) is 1.91. The van der Waals surface area contributed by atoms with Gasteiger partial charge in [-0.25, -0.2) is 0 Å². The lowest BCUT2D eigenvalue weighted by atomic mass is 10.2. The summed E-state index contributed by atoms with van der Waals surface area (Å²) in [6.07, 6.45) is 5.67. The Bertz CT molecular complexity index is 161. The van der Waals surface area contributed by atoms with Crippen LogP contribution in [-0.4, -0.2) is 15.4 Å². The molecule has 0 spiro atoms. The average molecular weight is 123 g/mol. The smallest absolute Gasteiger partial charge is 0.0561 e. The summed E-state index contributed by atoms with van der Waals surface area (Å²) in [6, 6.07) is 0. The number of aryl methyl sites for hydroxylation is 1. The van der Waals surface area contributed by atoms with E-state index >= 15 is 0 Å². The molecular formula is C6H9N3. The van der Waals surface area contributed by atoms with Gasteiger partial charge >= 0.3 is 0 Å². The van der Waals surface area contributed by atoms with Crippen LogP contribution >= 0.6 is 0 Å². The van der Waals surface area contributed by atoms with Crippen molar-refractivity contribution < 1.29 is 0 Å². The Labute approximate surface area is 54.1 Å². The van der Waals surface area contributed by atoms with Crippen molar-refractivity contribution in [3.8, 4) is 0 Å². The van der Waals surface area contributed by atoms with Gasteiger partial charge in [0.1, 0.15) is 0 Å². The van der Waals surface area contributed by atoms with Crippen LogP contribution in [0.2, 0.25) is 0 Å². The molecule has 0 N–H and O–H groups in total. The van der Waals surface area contributed by atoms with Gasteiger partial charge in [0.15, 0.2) is 0 Å². The van der Waals surface area contributed by atoms with Crippen molar-refractivity contribution in [3.63, 3.8) is 0 Å². The Morgan fingerprint density at radius 1 is 1.33 bits per heavy atom. The second-order valence-corrected chi connectivity index (χ2v) is 1.90. The normalized spacial score (nSPS) is 9.44. The minimum absolute atomic E-state index is 1.04. The Kier molecular flexibility index (Phi) is 2.13. The molecule has 3 nitrogen and oxygen atoms in total. The summed E-state index contributed by atoms with van der Waals surface area (Å²) < 4.78 is 0. The highest BCUT2D eigenvalue weighted by atomic mass is 15.3. The molecule has 48 valence electrons. The second-order valence-electron chi connectivity index (χ2n) is 1.90. The summed E-state index contributed by atoms with van der Waals surface area (Å²) in [5, 5.41) is 10.7. The van der Waals surface area contributed by atoms with E-state index in [4.69, 9.17) is 0 Å². The fourth-order valence-electron chi connectivity index (χ4n) is 0.681. The van der Waals surface area contributed by atoms with Crippen molar-refractivity contribution in [2.24, 2.45) is 0 Å². The molecule has 0 bridgehead atoms. The minimum Gasteiger partial charge on any atom is -0.138 e. The van der Waals surface area contributed by atoms with Gasteiger partial charge in [0.25, 0.3) is 0 Å². The van der Waals surface area contributed by atoms with Gasteiger partial charge in [0.2, 0.25) is 0 Å². The summed E-state index contributed by atoms with van der Waals surface area (Å²) in [7, 11) is 0. The van der Waals surface area contributed by atoms with Gasteiger partial charge in [-0.15, -0.1) is 10.2 Å². The lowest BCUT2D eigenvalue weighted by Gasteiger charge is -1.90. The van der Waals surface area contributed by atoms with Crippen molar-refractivity contribution in [2.45, 2.75) is 19.8 Å². The van der Waals surface area contributed by atoms with Gasteiger partial charge < -0.3 is 0 Å². The molecule has 3 heteroatoms. The molecule has 0 atom stereocenters. The zero-order valence-corrected chi connectivity index (χ0v) is 5.41. The molecule has 0 aliphatic carbocycles. The van der Waals surface area contributed by atoms with E-state index in [1.54, 1.807) is 12.4 Å². The van der Waals surface area contributed by atoms with E-state index in [-0.39, 0.29) is 0 Å². The minimum atomic E-state index is 1.04. The van der Waals surface area contributed by atoms with E-state index in [1.165, 1.54) is 0 Å². The topological polar surface area (TPSA) is 38.7 Å². The molecule has 0 unspecified atom stereocenters. The Hall–Kier alpha value is -0.990. The van der Waals surface area contributed by atoms with Crippen molar-refractivity contribution in [1.29, 1.82) is 0 Å². The Morgan fingerprint density at radius 2 is 2.00 bits per heavy atom. The third-order valence-electron chi connectivity index (χ3n) is 1.09. The molecule has 0 aliphatic rings. The predicted molar refractivity (Wildman–Crippen MR) is 33.8 cm³/mol. The van der Waals surface area contributed by atoms with Gasteiger partial charge in [-0.1, -0.05) is 13.3 Å². The molecule has 1 aromatic heterocycles. The fourth-order valence-corrected chi connectivity index (χ4v) is 0.681. The van der Waals surface area contributed by atoms with Crippen LogP contribution in [0.4, 0.5) is 0 Å². The molecule has 1 aromatic rings. The molecule has 0 radical (unpaired) electrons. The van der Waals surface area contributed by atoms with Gasteiger partial charge in [-0.3, -0.25) is 0 Å². The number of rotatable bonds is 2. The first-order chi connectivity index (χ1) is 4.43. The van der Waals surface area contributed by atoms with Crippen LogP contribution in [0.1, 0.15) is 18.9 Å². The molecule has 9 heavy (non-hydrogen) atoms. The monoisotopic (exact) mass is 123 g/mol. The van der Waals surface area contributed by atoms with Crippen molar-refractivity contribution in [2.75, 3.05) is 0 Å². The predicted octanol–water partition coefficient (Wildman–Crippen LogP) is 0.824. The Balaban J connectivity index is 2.61. The van der Waals surface area contributed by atoms with E-state index in [2.05, 4.69) is 22.3 Å². The standard InChI is InChI=1S/C6H9N3/c1-2-3-6-4-7-9-8-5-6/h4-5H,2-3H2,1H3. The van der Waals surface area contributed by atoms with Crippen molar-refractivity contribution in [3.05, 3.63) is 18.0 Å². The maximum Gasteiger partial charge on any atom is 0.0561 e. The highest BCUT2D eigenvalue weighted by Crippen LogP contribution is 1.95. The number of aromatic nitrogens is 3. The van der Waals surface area contributed by atoms with E-state index in [0.29, 0.717) is 0 Å². The molecule has 0 fully saturated rings. The third-order valence-corrected chi connectivity index (χ3v) is 1.09. The van der Waals surface area contributed by atoms with Crippen LogP contribution in [0.3, 0.4) is 0 Å². The molecule has 0 aliphatic heterocycles. The van der Waals surface area contributed by atoms with Crippen LogP contribution in [-0.2, 0) is 6.42 Å². The van der Waals surface area contributed by atoms with Crippen LogP contribution in [0.15, 0.2) is 12.4 Å². The van der Waals surface area contributed by atoms with E-state index in [0.717, 1.165) is 18.4 Å². The summed E-state index contributed by atoms with van der Waals surface area (Å²) >= 11 is 0. The zero-order valence-electron chi connectivity index (χ0n) is 5.41. The first-order valence-electron chi connectivity index (χ1n) is 3.05. The molecular weight excluding hydrogens is 114 g/mol. The molecule has 0 aromatic carbocycles. The zero-order chi connectivity index (χ0) is 6.53. The van der Waals surface area contributed by atoms with E-state index < -0.39 is 0 Å². The SMILES string of the molecule is CCCc1cnnnc1. The molecule has 1 rings (SSSR count). The highest BCUT2D eigenvalue weighted by molar-refractivity contribution is 4.99. The van der Waals surface area contributed by atoms with Gasteiger partial charge in [-0.05, 0) is 17.2 Å². The van der Waals surface area contributed by atoms with Crippen molar-refractivity contribution in [1.82, 2.24) is 15.4 Å². The third kappa shape index (κ3) is 1.76. The van der Waals surface area contributed by atoms with Crippen LogP contribution in [0.5, 0.6) is 0 Å². The first-order valence-corrected chi connectivity index (χ1v) is 3.05. The maximum absolute atomic E-state index is 3.64. The van der Waals surface area contributed by atoms with Crippen LogP contribution in [0.25, 0.3) is 0 Å². The summed E-state index contributed by atoms with van der Waals surface area (Å²) in [5.41, 5.74) is 1.16. The molecule has 0 saturated carbocycles. The van der Waals surface area contributed by atoms with Gasteiger partial charge in [0.05, 0.1) is 12.4 Å². The largest absolute Gasteiger partial charge is 0.138 e. The maximum atomic E-state index is 3.64. The number of hydrogen-bond acceptors (Lipinski definition) is 3. The highest BCUT2D eigenvalue weighted by Gasteiger charge is 1.87. The molecule has 1 heterocycles. The van der Waals surface area contributed by atoms with E-state index in [1.807, 2.05) is 0 Å². The quantitative estimate of drug-likeness (QED) is 0.584.